The van der Waals surface area contributed by atoms with Crippen molar-refractivity contribution in [3.05, 3.63) is 0 Å². The van der Waals surface area contributed by atoms with Crippen LogP contribution in [0.3, 0.4) is 0 Å². The van der Waals surface area contributed by atoms with Crippen LogP contribution < -0.4 is 10.6 Å². The minimum atomic E-state index is -0.353. The average Bonchev–Trinajstić information content (AvgIpc) is 2.42. The molecule has 2 rings (SSSR count). The molecule has 0 bridgehead atoms. The Morgan fingerprint density at radius 1 is 1.48 bits per heavy atom. The zero-order chi connectivity index (χ0) is 15.5. The number of carbonyl (C=O) groups excluding carboxylic acids is 2. The van der Waals surface area contributed by atoms with Crippen molar-refractivity contribution in [3.63, 3.8) is 0 Å². The molecule has 3 amide bonds. The first-order chi connectivity index (χ1) is 9.88. The van der Waals surface area contributed by atoms with Crippen molar-refractivity contribution >= 4 is 11.9 Å². The molecule has 21 heavy (non-hydrogen) atoms. The van der Waals surface area contributed by atoms with E-state index in [2.05, 4.69) is 10.6 Å². The maximum Gasteiger partial charge on any atom is 0.317 e. The van der Waals surface area contributed by atoms with Crippen LogP contribution in [0.2, 0.25) is 0 Å². The maximum atomic E-state index is 12.1. The smallest absolute Gasteiger partial charge is 0.317 e. The number of urea groups is 1. The lowest BCUT2D eigenvalue weighted by molar-refractivity contribution is -0.124. The molecule has 0 aromatic carbocycles. The van der Waals surface area contributed by atoms with Crippen LogP contribution in [0.5, 0.6) is 0 Å². The van der Waals surface area contributed by atoms with Gasteiger partial charge in [-0.15, -0.1) is 0 Å². The van der Waals surface area contributed by atoms with E-state index in [1.807, 2.05) is 18.7 Å². The van der Waals surface area contributed by atoms with E-state index >= 15 is 0 Å². The molecule has 0 saturated carbocycles. The normalized spacial score (nSPS) is 26.3. The molecule has 0 aliphatic carbocycles. The summed E-state index contributed by atoms with van der Waals surface area (Å²) in [4.78, 5) is 27.2. The number of rotatable bonds is 3. The number of hydrogen-bond donors (Lipinski definition) is 3. The minimum Gasteiger partial charge on any atom is -0.392 e. The number of carbonyl (C=O) groups is 2. The van der Waals surface area contributed by atoms with Crippen molar-refractivity contribution in [2.45, 2.75) is 26.4 Å². The van der Waals surface area contributed by atoms with Crippen molar-refractivity contribution in [2.24, 2.45) is 5.41 Å². The zero-order valence-corrected chi connectivity index (χ0v) is 12.9. The minimum absolute atomic E-state index is 0.0411. The fourth-order valence-electron chi connectivity index (χ4n) is 2.83. The average molecular weight is 298 g/mol. The van der Waals surface area contributed by atoms with Crippen LogP contribution in [0.4, 0.5) is 4.79 Å². The van der Waals surface area contributed by atoms with Crippen molar-refractivity contribution in [3.8, 4) is 0 Å². The van der Waals surface area contributed by atoms with Gasteiger partial charge in [-0.2, -0.15) is 0 Å². The van der Waals surface area contributed by atoms with Gasteiger partial charge in [-0.05, 0) is 6.42 Å². The number of piperidine rings is 1. The summed E-state index contributed by atoms with van der Waals surface area (Å²) in [6.07, 6.45) is 0.264. The molecule has 2 fully saturated rings. The summed E-state index contributed by atoms with van der Waals surface area (Å²) in [5.41, 5.74) is -0.263. The third-order valence-electron chi connectivity index (χ3n) is 4.28. The molecule has 0 spiro atoms. The van der Waals surface area contributed by atoms with Gasteiger partial charge in [0.25, 0.3) is 0 Å². The molecule has 0 radical (unpaired) electrons. The summed E-state index contributed by atoms with van der Waals surface area (Å²) < 4.78 is 0. The topological polar surface area (TPSA) is 84.9 Å². The number of hydrogen-bond acceptors (Lipinski definition) is 4. The number of aliphatic hydroxyl groups is 1. The molecule has 7 nitrogen and oxygen atoms in total. The Labute approximate surface area is 125 Å². The van der Waals surface area contributed by atoms with Crippen LogP contribution in [0.25, 0.3) is 0 Å². The maximum absolute atomic E-state index is 12.1. The van der Waals surface area contributed by atoms with Gasteiger partial charge in [-0.25, -0.2) is 4.79 Å². The third-order valence-corrected chi connectivity index (χ3v) is 4.28. The molecule has 2 saturated heterocycles. The van der Waals surface area contributed by atoms with E-state index in [-0.39, 0.29) is 23.5 Å². The quantitative estimate of drug-likeness (QED) is 0.638. The Kier molecular flexibility index (Phi) is 5.05. The molecule has 2 aliphatic heterocycles. The number of aliphatic hydroxyl groups excluding tert-OH is 1. The largest absolute Gasteiger partial charge is 0.392 e. The van der Waals surface area contributed by atoms with Gasteiger partial charge in [0.15, 0.2) is 0 Å². The molecule has 0 aromatic rings. The van der Waals surface area contributed by atoms with E-state index in [0.717, 1.165) is 6.54 Å². The Hall–Kier alpha value is -1.34. The van der Waals surface area contributed by atoms with Crippen LogP contribution >= 0.6 is 0 Å². The number of piperazine rings is 1. The first-order valence-electron chi connectivity index (χ1n) is 7.58. The lowest BCUT2D eigenvalue weighted by Crippen LogP contribution is -2.54. The van der Waals surface area contributed by atoms with Crippen molar-refractivity contribution in [1.82, 2.24) is 20.4 Å². The predicted octanol–water partition coefficient (Wildman–Crippen LogP) is -0.779. The van der Waals surface area contributed by atoms with Crippen molar-refractivity contribution < 1.29 is 14.7 Å². The Balaban J connectivity index is 1.71. The van der Waals surface area contributed by atoms with Crippen LogP contribution in [-0.4, -0.2) is 78.8 Å². The molecule has 2 heterocycles. The van der Waals surface area contributed by atoms with Crippen LogP contribution in [0.1, 0.15) is 20.3 Å². The first-order valence-corrected chi connectivity index (χ1v) is 7.58. The van der Waals surface area contributed by atoms with Crippen LogP contribution in [0.15, 0.2) is 0 Å². The van der Waals surface area contributed by atoms with E-state index in [9.17, 15) is 14.7 Å². The van der Waals surface area contributed by atoms with E-state index in [0.29, 0.717) is 45.7 Å². The number of likely N-dealkylation sites (tertiary alicyclic amines) is 1. The molecule has 3 N–H and O–H groups in total. The summed E-state index contributed by atoms with van der Waals surface area (Å²) in [6, 6.07) is -0.0866. The van der Waals surface area contributed by atoms with Crippen LogP contribution in [-0.2, 0) is 4.79 Å². The highest BCUT2D eigenvalue weighted by Gasteiger charge is 2.36. The number of nitrogens with zero attached hydrogens (tertiary/aromatic N) is 2. The lowest BCUT2D eigenvalue weighted by Gasteiger charge is -2.41. The summed E-state index contributed by atoms with van der Waals surface area (Å²) in [6.45, 7) is 8.21. The molecule has 0 aromatic heterocycles. The molecular weight excluding hydrogens is 272 g/mol. The summed E-state index contributed by atoms with van der Waals surface area (Å²) in [7, 11) is 0. The Morgan fingerprint density at radius 3 is 2.90 bits per heavy atom. The fourth-order valence-corrected chi connectivity index (χ4v) is 2.83. The Morgan fingerprint density at radius 2 is 2.24 bits per heavy atom. The van der Waals surface area contributed by atoms with Gasteiger partial charge in [0.1, 0.15) is 0 Å². The van der Waals surface area contributed by atoms with Gasteiger partial charge in [-0.1, -0.05) is 13.8 Å². The second-order valence-corrected chi connectivity index (χ2v) is 6.57. The highest BCUT2D eigenvalue weighted by atomic mass is 16.3. The predicted molar refractivity (Wildman–Crippen MR) is 78.8 cm³/mol. The van der Waals surface area contributed by atoms with E-state index < -0.39 is 0 Å². The highest BCUT2D eigenvalue weighted by molar-refractivity contribution is 5.78. The van der Waals surface area contributed by atoms with E-state index in [4.69, 9.17) is 0 Å². The standard InChI is InChI=1S/C14H26N4O3/c1-14(2)10-18(6-3-11(14)19)13(21)16-5-8-17-7-4-15-12(20)9-17/h11,19H,3-10H2,1-2H3,(H,15,20)(H,16,21). The summed E-state index contributed by atoms with van der Waals surface area (Å²) in [5.74, 6) is 0.0411. The lowest BCUT2D eigenvalue weighted by atomic mass is 9.81. The van der Waals surface area contributed by atoms with Gasteiger partial charge >= 0.3 is 6.03 Å². The van der Waals surface area contributed by atoms with Crippen molar-refractivity contribution in [1.29, 1.82) is 0 Å². The van der Waals surface area contributed by atoms with Gasteiger partial charge in [0.05, 0.1) is 12.6 Å². The molecule has 1 unspecified atom stereocenters. The second-order valence-electron chi connectivity index (χ2n) is 6.57. The number of nitrogens with one attached hydrogen (secondary N) is 2. The van der Waals surface area contributed by atoms with Gasteiger partial charge in [0, 0.05) is 44.7 Å². The molecule has 7 heteroatoms. The summed E-state index contributed by atoms with van der Waals surface area (Å²) >= 11 is 0. The third kappa shape index (κ3) is 4.31. The Bertz CT molecular complexity index is 400. The van der Waals surface area contributed by atoms with Gasteiger partial charge in [-0.3, -0.25) is 9.69 Å². The highest BCUT2D eigenvalue weighted by Crippen LogP contribution is 2.28. The van der Waals surface area contributed by atoms with E-state index in [1.54, 1.807) is 4.90 Å². The fraction of sp³-hybridized carbons (Fsp3) is 0.857. The zero-order valence-electron chi connectivity index (χ0n) is 12.9. The van der Waals surface area contributed by atoms with Gasteiger partial charge < -0.3 is 20.6 Å². The molecule has 1 atom stereocenters. The second kappa shape index (κ2) is 6.62. The van der Waals surface area contributed by atoms with E-state index in [1.165, 1.54) is 0 Å². The molecular formula is C14H26N4O3. The first kappa shape index (κ1) is 16.0. The molecule has 2 aliphatic rings. The van der Waals surface area contributed by atoms with Gasteiger partial charge in [0.2, 0.25) is 5.91 Å². The summed E-state index contributed by atoms with van der Waals surface area (Å²) in [5, 5.41) is 15.6. The monoisotopic (exact) mass is 298 g/mol. The number of amides is 3. The molecule has 120 valence electrons. The van der Waals surface area contributed by atoms with Crippen molar-refractivity contribution in [2.75, 3.05) is 45.8 Å². The SMILES string of the molecule is CC1(C)CN(C(=O)NCCN2CCNC(=O)C2)CCC1O. The van der Waals surface area contributed by atoms with Crippen LogP contribution in [0, 0.1) is 5.41 Å².